The molecule has 0 aliphatic carbocycles. The Morgan fingerprint density at radius 3 is 2.66 bits per heavy atom. The summed E-state index contributed by atoms with van der Waals surface area (Å²) < 4.78 is 10.2. The molecule has 2 N–H and O–H groups in total. The van der Waals surface area contributed by atoms with Gasteiger partial charge in [0, 0.05) is 30.2 Å². The van der Waals surface area contributed by atoms with Crippen LogP contribution in [0.3, 0.4) is 0 Å². The van der Waals surface area contributed by atoms with Crippen LogP contribution in [-0.4, -0.2) is 48.2 Å². The summed E-state index contributed by atoms with van der Waals surface area (Å²) in [6.45, 7) is 0.887. The highest BCUT2D eigenvalue weighted by molar-refractivity contribution is 5.99. The number of pyridine rings is 3. The Labute approximate surface area is 167 Å². The van der Waals surface area contributed by atoms with Crippen molar-refractivity contribution in [3.05, 3.63) is 48.0 Å². The highest BCUT2D eigenvalue weighted by Gasteiger charge is 2.26. The topological polar surface area (TPSA) is 98.3 Å². The molecule has 1 aliphatic heterocycles. The molecule has 0 radical (unpaired) electrons. The molecule has 4 heterocycles. The third kappa shape index (κ3) is 3.95. The van der Waals surface area contributed by atoms with Crippen LogP contribution in [0.5, 0.6) is 5.75 Å². The first-order chi connectivity index (χ1) is 14.2. The zero-order chi connectivity index (χ0) is 20.2. The molecule has 3 aromatic rings. The van der Waals surface area contributed by atoms with Crippen molar-refractivity contribution < 1.29 is 14.3 Å². The summed E-state index contributed by atoms with van der Waals surface area (Å²) in [7, 11) is 3.38. The maximum absolute atomic E-state index is 12.2. The maximum Gasteiger partial charge on any atom is 0.233 e. The van der Waals surface area contributed by atoms with Gasteiger partial charge in [-0.15, -0.1) is 0 Å². The number of aromatic nitrogens is 3. The zero-order valence-corrected chi connectivity index (χ0v) is 16.0. The lowest BCUT2D eigenvalue weighted by molar-refractivity contribution is -0.133. The quantitative estimate of drug-likeness (QED) is 0.659. The molecule has 1 aliphatic rings. The molecule has 0 unspecified atom stereocenters. The molecule has 146 valence electrons. The average Bonchev–Trinajstić information content (AvgIpc) is 2.71. The van der Waals surface area contributed by atoms with Crippen molar-refractivity contribution >= 4 is 28.3 Å². The average molecular weight is 389 g/mol. The van der Waals surface area contributed by atoms with E-state index in [9.17, 15) is 4.79 Å². The molecule has 0 bridgehead atoms. The second kappa shape index (κ2) is 8.12. The molecule has 0 aromatic carbocycles. The Balaban J connectivity index is 1.69. The van der Waals surface area contributed by atoms with Crippen molar-refractivity contribution in [1.29, 1.82) is 0 Å². The number of methoxy groups -OCH3 is 1. The molecule has 3 aromatic heterocycles. The third-order valence-corrected chi connectivity index (χ3v) is 4.57. The monoisotopic (exact) mass is 389 g/mol. The Hall–Kier alpha value is -3.70. The predicted molar refractivity (Wildman–Crippen MR) is 109 cm³/mol. The van der Waals surface area contributed by atoms with Gasteiger partial charge in [0.05, 0.1) is 38.0 Å². The number of fused-ring (bicyclic) bond motifs is 1. The molecule has 1 fully saturated rings. The zero-order valence-electron chi connectivity index (χ0n) is 16.0. The van der Waals surface area contributed by atoms with Crippen molar-refractivity contribution in [3.8, 4) is 17.6 Å². The summed E-state index contributed by atoms with van der Waals surface area (Å²) in [5.41, 5.74) is 1.32. The van der Waals surface area contributed by atoms with Crippen LogP contribution in [0, 0.1) is 17.8 Å². The van der Waals surface area contributed by atoms with Crippen LogP contribution < -0.4 is 15.4 Å². The van der Waals surface area contributed by atoms with Crippen molar-refractivity contribution in [2.45, 2.75) is 0 Å². The number of nitrogens with zero attached hydrogens (tertiary/aromatic N) is 3. The molecule has 29 heavy (non-hydrogen) atoms. The van der Waals surface area contributed by atoms with Gasteiger partial charge in [-0.1, -0.05) is 5.92 Å². The maximum atomic E-state index is 12.2. The van der Waals surface area contributed by atoms with Crippen molar-refractivity contribution in [3.63, 3.8) is 0 Å². The van der Waals surface area contributed by atoms with Gasteiger partial charge in [0.1, 0.15) is 23.1 Å². The van der Waals surface area contributed by atoms with E-state index in [2.05, 4.69) is 37.4 Å². The van der Waals surface area contributed by atoms with Crippen LogP contribution in [0.25, 0.3) is 10.8 Å². The standard InChI is InChI=1S/C21H19N5O3/c1-22-20-18-10-24-19(26-21(27)14-11-29-12-14)7-17(18)13(8-25-20)3-4-15-5-6-16(28-2)9-23-15/h5-10,14H,11-12H2,1-2H3,(H,22,25)(H,24,26,27). The van der Waals surface area contributed by atoms with Crippen molar-refractivity contribution in [1.82, 2.24) is 15.0 Å². The van der Waals surface area contributed by atoms with E-state index in [-0.39, 0.29) is 11.8 Å². The summed E-state index contributed by atoms with van der Waals surface area (Å²) in [6, 6.07) is 5.40. The summed E-state index contributed by atoms with van der Waals surface area (Å²) in [4.78, 5) is 25.2. The lowest BCUT2D eigenvalue weighted by Gasteiger charge is -2.24. The van der Waals surface area contributed by atoms with E-state index in [0.717, 1.165) is 10.8 Å². The Morgan fingerprint density at radius 2 is 2.00 bits per heavy atom. The number of rotatable bonds is 4. The minimum absolute atomic E-state index is 0.0962. The highest BCUT2D eigenvalue weighted by Crippen LogP contribution is 2.26. The fourth-order valence-electron chi connectivity index (χ4n) is 2.82. The second-order valence-corrected chi connectivity index (χ2v) is 6.44. The fourth-order valence-corrected chi connectivity index (χ4v) is 2.82. The molecule has 4 rings (SSSR count). The Kier molecular flexibility index (Phi) is 5.22. The minimum Gasteiger partial charge on any atom is -0.495 e. The van der Waals surface area contributed by atoms with Gasteiger partial charge in [0.15, 0.2) is 0 Å². The molecule has 8 nitrogen and oxygen atoms in total. The Bertz CT molecular complexity index is 1110. The van der Waals surface area contributed by atoms with E-state index >= 15 is 0 Å². The largest absolute Gasteiger partial charge is 0.495 e. The molecule has 0 spiro atoms. The summed E-state index contributed by atoms with van der Waals surface area (Å²) in [5, 5.41) is 7.54. The second-order valence-electron chi connectivity index (χ2n) is 6.44. The van der Waals surface area contributed by atoms with Crippen molar-refractivity contribution in [2.75, 3.05) is 38.0 Å². The van der Waals surface area contributed by atoms with Crippen LogP contribution in [0.2, 0.25) is 0 Å². The van der Waals surface area contributed by atoms with Gasteiger partial charge in [-0.25, -0.2) is 15.0 Å². The molecular formula is C21H19N5O3. The number of nitrogens with one attached hydrogen (secondary N) is 2. The molecule has 8 heteroatoms. The van der Waals surface area contributed by atoms with E-state index in [1.165, 1.54) is 0 Å². The smallest absolute Gasteiger partial charge is 0.233 e. The number of hydrogen-bond donors (Lipinski definition) is 2. The number of carbonyl (C=O) groups is 1. The number of carbonyl (C=O) groups excluding carboxylic acids is 1. The van der Waals surface area contributed by atoms with E-state index < -0.39 is 0 Å². The molecule has 1 saturated heterocycles. The fraction of sp³-hybridized carbons (Fsp3) is 0.238. The Morgan fingerprint density at radius 1 is 1.14 bits per heavy atom. The van der Waals surface area contributed by atoms with Gasteiger partial charge in [-0.3, -0.25) is 4.79 Å². The molecular weight excluding hydrogens is 370 g/mol. The summed E-state index contributed by atoms with van der Waals surface area (Å²) in [5.74, 6) is 7.75. The molecule has 1 amide bonds. The minimum atomic E-state index is -0.127. The number of anilines is 2. The van der Waals surface area contributed by atoms with Gasteiger partial charge < -0.3 is 20.1 Å². The van der Waals surface area contributed by atoms with Gasteiger partial charge in [-0.2, -0.15) is 0 Å². The van der Waals surface area contributed by atoms with E-state index in [1.54, 1.807) is 50.9 Å². The first-order valence-corrected chi connectivity index (χ1v) is 9.05. The van der Waals surface area contributed by atoms with Gasteiger partial charge in [-0.05, 0) is 24.1 Å². The van der Waals surface area contributed by atoms with Crippen molar-refractivity contribution in [2.24, 2.45) is 5.92 Å². The highest BCUT2D eigenvalue weighted by atomic mass is 16.5. The SMILES string of the molecule is CNc1ncc(C#Cc2ccc(OC)cn2)c2cc(NC(=O)C3COC3)ncc12. The van der Waals surface area contributed by atoms with E-state index in [0.29, 0.717) is 41.9 Å². The number of ether oxygens (including phenoxy) is 2. The normalized spacial score (nSPS) is 13.2. The summed E-state index contributed by atoms with van der Waals surface area (Å²) >= 11 is 0. The third-order valence-electron chi connectivity index (χ3n) is 4.57. The van der Waals surface area contributed by atoms with E-state index in [4.69, 9.17) is 9.47 Å². The lowest BCUT2D eigenvalue weighted by Crippen LogP contribution is -2.38. The van der Waals surface area contributed by atoms with Gasteiger partial charge in [0.2, 0.25) is 5.91 Å². The predicted octanol–water partition coefficient (Wildman–Crippen LogP) is 2.06. The summed E-state index contributed by atoms with van der Waals surface area (Å²) in [6.07, 6.45) is 4.99. The van der Waals surface area contributed by atoms with Crippen LogP contribution in [0.15, 0.2) is 36.8 Å². The van der Waals surface area contributed by atoms with Crippen LogP contribution >= 0.6 is 0 Å². The van der Waals surface area contributed by atoms with Gasteiger partial charge >= 0.3 is 0 Å². The van der Waals surface area contributed by atoms with Crippen LogP contribution in [0.1, 0.15) is 11.3 Å². The molecule has 0 saturated carbocycles. The van der Waals surface area contributed by atoms with Crippen LogP contribution in [-0.2, 0) is 9.53 Å². The molecule has 0 atom stereocenters. The number of hydrogen-bond acceptors (Lipinski definition) is 7. The number of amides is 1. The first-order valence-electron chi connectivity index (χ1n) is 9.05. The first kappa shape index (κ1) is 18.7. The van der Waals surface area contributed by atoms with Crippen LogP contribution in [0.4, 0.5) is 11.6 Å². The lowest BCUT2D eigenvalue weighted by atomic mass is 10.1. The van der Waals surface area contributed by atoms with E-state index in [1.807, 2.05) is 0 Å². The van der Waals surface area contributed by atoms with Gasteiger partial charge in [0.25, 0.3) is 0 Å².